The third-order valence-corrected chi connectivity index (χ3v) is 7.83. The number of amides is 2. The summed E-state index contributed by atoms with van der Waals surface area (Å²) in [4.78, 5) is 14.0. The molecule has 5 nitrogen and oxygen atoms in total. The van der Waals surface area contributed by atoms with Crippen molar-refractivity contribution in [2.75, 3.05) is 17.2 Å². The summed E-state index contributed by atoms with van der Waals surface area (Å²) < 4.78 is 8.17. The minimum atomic E-state index is -0.317. The highest BCUT2D eigenvalue weighted by molar-refractivity contribution is 7.09. The summed E-state index contributed by atoms with van der Waals surface area (Å²) in [5.41, 5.74) is 4.63. The second-order valence-corrected chi connectivity index (χ2v) is 11.8. The van der Waals surface area contributed by atoms with Crippen LogP contribution in [0.1, 0.15) is 94.4 Å². The van der Waals surface area contributed by atoms with Gasteiger partial charge in [-0.3, -0.25) is 0 Å². The van der Waals surface area contributed by atoms with Crippen molar-refractivity contribution in [1.29, 1.82) is 0 Å². The Hall–Kier alpha value is -2.57. The van der Waals surface area contributed by atoms with Crippen LogP contribution in [0.15, 0.2) is 54.2 Å². The molecule has 0 radical (unpaired) electrons. The van der Waals surface area contributed by atoms with Crippen LogP contribution in [-0.2, 0) is 6.54 Å². The zero-order chi connectivity index (χ0) is 27.7. The van der Waals surface area contributed by atoms with Gasteiger partial charge in [0, 0.05) is 22.3 Å². The number of hydrogen-bond acceptors (Lipinski definition) is 3. The van der Waals surface area contributed by atoms with Gasteiger partial charge in [-0.1, -0.05) is 113 Å². The smallest absolute Gasteiger partial charge is 0.323 e. The highest BCUT2D eigenvalue weighted by Crippen LogP contribution is 2.29. The SMILES string of the molecule is CCCCCCCCCCCCCCOc1cc(Cl)ccc1NC(=O)Nc1ccc(C[n+]2csc(C)c2)cc1. The minimum Gasteiger partial charge on any atom is -0.491 e. The maximum Gasteiger partial charge on any atom is 0.323 e. The van der Waals surface area contributed by atoms with Gasteiger partial charge in [-0.05, 0) is 37.6 Å². The lowest BCUT2D eigenvalue weighted by Gasteiger charge is -2.14. The number of carbonyl (C=O) groups is 1. The van der Waals surface area contributed by atoms with Crippen LogP contribution >= 0.6 is 22.9 Å². The van der Waals surface area contributed by atoms with Crippen molar-refractivity contribution >= 4 is 40.3 Å². The lowest BCUT2D eigenvalue weighted by atomic mass is 10.1. The van der Waals surface area contributed by atoms with E-state index in [2.05, 4.69) is 40.8 Å². The molecule has 3 aromatic rings. The van der Waals surface area contributed by atoms with E-state index in [-0.39, 0.29) is 6.03 Å². The predicted molar refractivity (Wildman–Crippen MR) is 165 cm³/mol. The summed E-state index contributed by atoms with van der Waals surface area (Å²) >= 11 is 7.94. The molecule has 0 aliphatic rings. The van der Waals surface area contributed by atoms with E-state index in [4.69, 9.17) is 16.3 Å². The van der Waals surface area contributed by atoms with Gasteiger partial charge in [0.15, 0.2) is 12.7 Å². The molecule has 0 aliphatic carbocycles. The minimum absolute atomic E-state index is 0.317. The molecule has 0 atom stereocenters. The fourth-order valence-corrected chi connectivity index (χ4v) is 5.36. The van der Waals surface area contributed by atoms with Crippen LogP contribution in [0.3, 0.4) is 0 Å². The molecule has 39 heavy (non-hydrogen) atoms. The summed E-state index contributed by atoms with van der Waals surface area (Å²) in [5.74, 6) is 0.596. The van der Waals surface area contributed by atoms with Crippen molar-refractivity contribution in [3.05, 3.63) is 69.6 Å². The Morgan fingerprint density at radius 2 is 1.51 bits per heavy atom. The van der Waals surface area contributed by atoms with E-state index < -0.39 is 0 Å². The summed E-state index contributed by atoms with van der Waals surface area (Å²) in [5, 5.41) is 6.39. The number of aromatic nitrogens is 1. The Balaban J connectivity index is 1.34. The Bertz CT molecular complexity index is 1120. The van der Waals surface area contributed by atoms with E-state index in [9.17, 15) is 4.79 Å². The zero-order valence-electron chi connectivity index (χ0n) is 23.6. The van der Waals surface area contributed by atoms with Gasteiger partial charge in [0.25, 0.3) is 0 Å². The van der Waals surface area contributed by atoms with Gasteiger partial charge in [-0.2, -0.15) is 4.57 Å². The Kier molecular flexibility index (Phi) is 14.2. The molecular weight excluding hydrogens is 526 g/mol. The molecule has 0 saturated carbocycles. The highest BCUT2D eigenvalue weighted by Gasteiger charge is 2.10. The number of ether oxygens (including phenoxy) is 1. The van der Waals surface area contributed by atoms with Gasteiger partial charge in [-0.25, -0.2) is 4.79 Å². The Morgan fingerprint density at radius 1 is 0.872 bits per heavy atom. The van der Waals surface area contributed by atoms with Crippen LogP contribution in [0, 0.1) is 6.92 Å². The van der Waals surface area contributed by atoms with E-state index in [1.54, 1.807) is 29.5 Å². The van der Waals surface area contributed by atoms with Crippen LogP contribution < -0.4 is 19.9 Å². The maximum atomic E-state index is 12.7. The molecule has 3 rings (SSSR count). The molecule has 0 aliphatic heterocycles. The molecule has 212 valence electrons. The molecule has 1 aromatic heterocycles. The molecule has 0 fully saturated rings. The number of carbonyl (C=O) groups excluding carboxylic acids is 1. The fraction of sp³-hybridized carbons (Fsp3) is 0.500. The second-order valence-electron chi connectivity index (χ2n) is 10.3. The molecule has 2 aromatic carbocycles. The monoisotopic (exact) mass is 570 g/mol. The standard InChI is InChI=1S/C32H44ClN3O2S/c1-3-4-5-6-7-8-9-10-11-12-13-14-21-38-31-22-28(33)17-20-30(31)35-32(37)34-29-18-15-27(16-19-29)24-36-23-26(2)39-25-36/h15-20,22-23,25H,3-14,21,24H2,1-2H3,(H-,34,35,37)/p+1. The number of hydrogen-bond donors (Lipinski definition) is 2. The summed E-state index contributed by atoms with van der Waals surface area (Å²) in [6, 6.07) is 12.9. The van der Waals surface area contributed by atoms with Gasteiger partial charge in [0.1, 0.15) is 5.75 Å². The number of unbranched alkanes of at least 4 members (excludes halogenated alkanes) is 11. The van der Waals surface area contributed by atoms with Crippen LogP contribution in [-0.4, -0.2) is 12.6 Å². The van der Waals surface area contributed by atoms with Crippen molar-refractivity contribution in [2.24, 2.45) is 0 Å². The summed E-state index contributed by atoms with van der Waals surface area (Å²) in [6.07, 6.45) is 17.8. The lowest BCUT2D eigenvalue weighted by Crippen LogP contribution is -2.30. The van der Waals surface area contributed by atoms with Crippen molar-refractivity contribution < 1.29 is 14.1 Å². The molecule has 2 N–H and O–H groups in total. The van der Waals surface area contributed by atoms with E-state index in [0.717, 1.165) is 25.1 Å². The fourth-order valence-electron chi connectivity index (χ4n) is 4.56. The number of aryl methyl sites for hydroxylation is 1. The molecule has 7 heteroatoms. The topological polar surface area (TPSA) is 54.2 Å². The Labute approximate surface area is 243 Å². The molecule has 0 bridgehead atoms. The molecule has 0 unspecified atom stereocenters. The quantitative estimate of drug-likeness (QED) is 0.118. The summed E-state index contributed by atoms with van der Waals surface area (Å²) in [7, 11) is 0. The highest BCUT2D eigenvalue weighted by atomic mass is 35.5. The first kappa shape index (κ1) is 31.0. The Morgan fingerprint density at radius 3 is 2.13 bits per heavy atom. The van der Waals surface area contributed by atoms with Crippen LogP contribution in [0.4, 0.5) is 16.2 Å². The van der Waals surface area contributed by atoms with Gasteiger partial charge >= 0.3 is 6.03 Å². The van der Waals surface area contributed by atoms with Crippen LogP contribution in [0.2, 0.25) is 5.02 Å². The number of urea groups is 1. The van der Waals surface area contributed by atoms with Crippen molar-refractivity contribution in [1.82, 2.24) is 0 Å². The zero-order valence-corrected chi connectivity index (χ0v) is 25.2. The normalized spacial score (nSPS) is 10.9. The van der Waals surface area contributed by atoms with E-state index >= 15 is 0 Å². The van der Waals surface area contributed by atoms with Crippen molar-refractivity contribution in [3.8, 4) is 5.75 Å². The average molecular weight is 571 g/mol. The third-order valence-electron chi connectivity index (χ3n) is 6.75. The number of halogens is 1. The summed E-state index contributed by atoms with van der Waals surface area (Å²) in [6.45, 7) is 5.78. The van der Waals surface area contributed by atoms with Gasteiger partial charge in [0.05, 0.1) is 17.2 Å². The van der Waals surface area contributed by atoms with Gasteiger partial charge in [-0.15, -0.1) is 0 Å². The van der Waals surface area contributed by atoms with Crippen LogP contribution in [0.5, 0.6) is 5.75 Å². The third kappa shape index (κ3) is 12.4. The van der Waals surface area contributed by atoms with Crippen LogP contribution in [0.25, 0.3) is 0 Å². The maximum absolute atomic E-state index is 12.7. The number of nitrogens with one attached hydrogen (secondary N) is 2. The number of anilines is 2. The van der Waals surface area contributed by atoms with E-state index in [1.807, 2.05) is 24.3 Å². The number of rotatable bonds is 18. The first-order valence-electron chi connectivity index (χ1n) is 14.6. The lowest BCUT2D eigenvalue weighted by molar-refractivity contribution is -0.683. The largest absolute Gasteiger partial charge is 0.491 e. The van der Waals surface area contributed by atoms with Crippen molar-refractivity contribution in [2.45, 2.75) is 97.4 Å². The molecular formula is C32H45ClN3O2S+. The predicted octanol–water partition coefficient (Wildman–Crippen LogP) is 9.77. The second kappa shape index (κ2) is 17.9. The number of nitrogens with zero attached hydrogens (tertiary/aromatic N) is 1. The molecule has 0 spiro atoms. The molecule has 2 amide bonds. The van der Waals surface area contributed by atoms with E-state index in [1.165, 1.54) is 74.6 Å². The van der Waals surface area contributed by atoms with Crippen molar-refractivity contribution in [3.63, 3.8) is 0 Å². The average Bonchev–Trinajstić information content (AvgIpc) is 3.33. The number of benzene rings is 2. The first-order chi connectivity index (χ1) is 19.0. The number of thiazole rings is 1. The molecule has 0 saturated heterocycles. The first-order valence-corrected chi connectivity index (χ1v) is 15.8. The molecule has 1 heterocycles. The van der Waals surface area contributed by atoms with Gasteiger partial charge in [0.2, 0.25) is 5.51 Å². The van der Waals surface area contributed by atoms with Gasteiger partial charge < -0.3 is 15.4 Å². The van der Waals surface area contributed by atoms with E-state index in [0.29, 0.717) is 23.1 Å².